The molecule has 5 heteroatoms. The molecule has 0 unspecified atom stereocenters. The summed E-state index contributed by atoms with van der Waals surface area (Å²) in [5, 5.41) is 3.27. The number of anilines is 1. The van der Waals surface area contributed by atoms with Crippen molar-refractivity contribution in [2.45, 2.75) is 18.9 Å². The van der Waals surface area contributed by atoms with E-state index in [4.69, 9.17) is 16.3 Å². The minimum atomic E-state index is -1.24. The van der Waals surface area contributed by atoms with Crippen molar-refractivity contribution in [3.63, 3.8) is 0 Å². The normalized spacial score (nSPS) is 20.0. The Hall–Kier alpha value is -2.33. The molecule has 22 heavy (non-hydrogen) atoms. The lowest BCUT2D eigenvalue weighted by atomic mass is 9.89. The Labute approximate surface area is 133 Å². The monoisotopic (exact) mass is 315 g/mol. The summed E-state index contributed by atoms with van der Waals surface area (Å²) in [6.07, 6.45) is 0.335. The number of hydrogen-bond acceptors (Lipinski definition) is 3. The minimum absolute atomic E-state index is 0.335. The first-order valence-corrected chi connectivity index (χ1v) is 7.24. The smallest absolute Gasteiger partial charge is 0.339 e. The van der Waals surface area contributed by atoms with E-state index >= 15 is 0 Å². The topological polar surface area (TPSA) is 55.4 Å². The molecule has 0 fully saturated rings. The fourth-order valence-electron chi connectivity index (χ4n) is 2.49. The lowest BCUT2D eigenvalue weighted by Crippen LogP contribution is -2.48. The highest BCUT2D eigenvalue weighted by Gasteiger charge is 2.42. The van der Waals surface area contributed by atoms with Gasteiger partial charge in [-0.15, -0.1) is 0 Å². The third-order valence-corrected chi connectivity index (χ3v) is 3.88. The Morgan fingerprint density at radius 3 is 2.77 bits per heavy atom. The summed E-state index contributed by atoms with van der Waals surface area (Å²) in [5.41, 5.74) is 0.639. The predicted molar refractivity (Wildman–Crippen MR) is 84.0 cm³/mol. The zero-order valence-corrected chi connectivity index (χ0v) is 12.7. The molecule has 0 radical (unpaired) electrons. The summed E-state index contributed by atoms with van der Waals surface area (Å²) in [7, 11) is 0. The van der Waals surface area contributed by atoms with E-state index in [-0.39, 0.29) is 5.91 Å². The molecule has 112 valence electrons. The molecule has 0 spiro atoms. The van der Waals surface area contributed by atoms with E-state index in [1.165, 1.54) is 0 Å². The zero-order chi connectivity index (χ0) is 15.7. The lowest BCUT2D eigenvalue weighted by molar-refractivity contribution is -0.134. The first-order valence-electron chi connectivity index (χ1n) is 6.86. The number of nitrogens with one attached hydrogen (secondary N) is 1. The number of amides is 1. The van der Waals surface area contributed by atoms with Crippen LogP contribution in [-0.2, 0) is 16.0 Å². The Balaban J connectivity index is 1.85. The average molecular weight is 316 g/mol. The molecular formula is C17H14ClNO3. The van der Waals surface area contributed by atoms with Crippen molar-refractivity contribution in [1.82, 2.24) is 0 Å². The molecule has 4 nitrogen and oxygen atoms in total. The SMILES string of the molecule is C[C@@]1(C(=O)Nc2cccc(Cl)c2)Cc2ccccc2C(=O)O1. The maximum Gasteiger partial charge on any atom is 0.339 e. The molecule has 0 saturated heterocycles. The van der Waals surface area contributed by atoms with Gasteiger partial charge in [-0.3, -0.25) is 4.79 Å². The van der Waals surface area contributed by atoms with Crippen LogP contribution >= 0.6 is 11.6 Å². The number of fused-ring (bicyclic) bond motifs is 1. The van der Waals surface area contributed by atoms with Gasteiger partial charge in [-0.25, -0.2) is 4.79 Å². The second-order valence-corrected chi connectivity index (χ2v) is 5.86. The quantitative estimate of drug-likeness (QED) is 0.864. The predicted octanol–water partition coefficient (Wildman–Crippen LogP) is 3.45. The number of halogens is 1. The second kappa shape index (κ2) is 5.46. The number of carbonyl (C=O) groups excluding carboxylic acids is 2. The van der Waals surface area contributed by atoms with E-state index in [1.807, 2.05) is 12.1 Å². The van der Waals surface area contributed by atoms with Crippen molar-refractivity contribution < 1.29 is 14.3 Å². The van der Waals surface area contributed by atoms with Crippen LogP contribution in [0.2, 0.25) is 5.02 Å². The number of benzene rings is 2. The molecule has 1 aliphatic rings. The van der Waals surface area contributed by atoms with Gasteiger partial charge in [-0.2, -0.15) is 0 Å². The van der Waals surface area contributed by atoms with Gasteiger partial charge in [0.15, 0.2) is 5.60 Å². The molecule has 0 bridgehead atoms. The summed E-state index contributed by atoms with van der Waals surface area (Å²) in [6.45, 7) is 1.61. The Morgan fingerprint density at radius 2 is 2.00 bits per heavy atom. The molecule has 0 saturated carbocycles. The van der Waals surface area contributed by atoms with Gasteiger partial charge in [0, 0.05) is 17.1 Å². The van der Waals surface area contributed by atoms with E-state index in [0.29, 0.717) is 22.7 Å². The second-order valence-electron chi connectivity index (χ2n) is 5.42. The molecule has 0 aliphatic carbocycles. The molecule has 1 heterocycles. The largest absolute Gasteiger partial charge is 0.445 e. The molecular weight excluding hydrogens is 302 g/mol. The standard InChI is InChI=1S/C17H14ClNO3/c1-17(16(21)19-13-7-4-6-12(18)9-13)10-11-5-2-3-8-14(11)15(20)22-17/h2-9H,10H2,1H3,(H,19,21)/t17-/m0/s1. The van der Waals surface area contributed by atoms with Crippen molar-refractivity contribution in [3.05, 3.63) is 64.7 Å². The minimum Gasteiger partial charge on any atom is -0.445 e. The van der Waals surface area contributed by atoms with E-state index in [1.54, 1.807) is 43.3 Å². The van der Waals surface area contributed by atoms with Crippen LogP contribution in [-0.4, -0.2) is 17.5 Å². The first kappa shape index (κ1) is 14.6. The number of ether oxygens (including phenoxy) is 1. The highest BCUT2D eigenvalue weighted by Crippen LogP contribution is 2.29. The Morgan fingerprint density at radius 1 is 1.23 bits per heavy atom. The fraction of sp³-hybridized carbons (Fsp3) is 0.176. The van der Waals surface area contributed by atoms with Gasteiger partial charge in [0.1, 0.15) is 0 Å². The maximum absolute atomic E-state index is 12.5. The van der Waals surface area contributed by atoms with Gasteiger partial charge in [0.2, 0.25) is 0 Å². The molecule has 1 atom stereocenters. The van der Waals surface area contributed by atoms with Crippen molar-refractivity contribution >= 4 is 29.2 Å². The third kappa shape index (κ3) is 2.70. The van der Waals surface area contributed by atoms with Crippen LogP contribution in [0.1, 0.15) is 22.8 Å². The molecule has 0 aromatic heterocycles. The van der Waals surface area contributed by atoms with E-state index < -0.39 is 11.6 Å². The molecule has 1 amide bonds. The van der Waals surface area contributed by atoms with Crippen LogP contribution in [0.15, 0.2) is 48.5 Å². The van der Waals surface area contributed by atoms with Crippen LogP contribution in [0.25, 0.3) is 0 Å². The van der Waals surface area contributed by atoms with Gasteiger partial charge in [0.25, 0.3) is 5.91 Å². The third-order valence-electron chi connectivity index (χ3n) is 3.65. The van der Waals surface area contributed by atoms with Gasteiger partial charge < -0.3 is 10.1 Å². The van der Waals surface area contributed by atoms with Gasteiger partial charge in [0.05, 0.1) is 5.56 Å². The summed E-state index contributed by atoms with van der Waals surface area (Å²) in [4.78, 5) is 24.6. The van der Waals surface area contributed by atoms with E-state index in [9.17, 15) is 9.59 Å². The highest BCUT2D eigenvalue weighted by atomic mass is 35.5. The van der Waals surface area contributed by atoms with Crippen molar-refractivity contribution in [2.75, 3.05) is 5.32 Å². The summed E-state index contributed by atoms with van der Waals surface area (Å²) in [6, 6.07) is 14.0. The molecule has 2 aromatic carbocycles. The van der Waals surface area contributed by atoms with Gasteiger partial charge >= 0.3 is 5.97 Å². The summed E-state index contributed by atoms with van der Waals surface area (Å²) < 4.78 is 5.38. The first-order chi connectivity index (χ1) is 10.5. The van der Waals surface area contributed by atoms with Crippen LogP contribution in [0.4, 0.5) is 5.69 Å². The van der Waals surface area contributed by atoms with E-state index in [2.05, 4.69) is 5.32 Å². The van der Waals surface area contributed by atoms with Gasteiger partial charge in [-0.05, 0) is 36.8 Å². The summed E-state index contributed by atoms with van der Waals surface area (Å²) in [5.74, 6) is -0.858. The average Bonchev–Trinajstić information content (AvgIpc) is 2.47. The number of rotatable bonds is 2. The van der Waals surface area contributed by atoms with Crippen LogP contribution < -0.4 is 5.32 Å². The molecule has 1 N–H and O–H groups in total. The van der Waals surface area contributed by atoms with Crippen LogP contribution in [0, 0.1) is 0 Å². The highest BCUT2D eigenvalue weighted by molar-refractivity contribution is 6.30. The number of cyclic esters (lactones) is 1. The number of esters is 1. The van der Waals surface area contributed by atoms with Crippen molar-refractivity contribution in [3.8, 4) is 0 Å². The Kier molecular flexibility index (Phi) is 3.62. The lowest BCUT2D eigenvalue weighted by Gasteiger charge is -2.33. The van der Waals surface area contributed by atoms with E-state index in [0.717, 1.165) is 5.56 Å². The van der Waals surface area contributed by atoms with Crippen molar-refractivity contribution in [2.24, 2.45) is 0 Å². The van der Waals surface area contributed by atoms with Crippen molar-refractivity contribution in [1.29, 1.82) is 0 Å². The fourth-order valence-corrected chi connectivity index (χ4v) is 2.68. The summed E-state index contributed by atoms with van der Waals surface area (Å²) >= 11 is 5.90. The molecule has 1 aliphatic heterocycles. The Bertz CT molecular complexity index is 759. The van der Waals surface area contributed by atoms with Gasteiger partial charge in [-0.1, -0.05) is 35.9 Å². The van der Waals surface area contributed by atoms with Crippen LogP contribution in [0.3, 0.4) is 0 Å². The van der Waals surface area contributed by atoms with Crippen LogP contribution in [0.5, 0.6) is 0 Å². The maximum atomic E-state index is 12.5. The molecule has 2 aromatic rings. The number of hydrogen-bond donors (Lipinski definition) is 1. The zero-order valence-electron chi connectivity index (χ0n) is 11.9. The molecule has 3 rings (SSSR count). The number of carbonyl (C=O) groups is 2.